The van der Waals surface area contributed by atoms with Gasteiger partial charge in [-0.1, -0.05) is 23.2 Å². The first kappa shape index (κ1) is 11.1. The normalized spacial score (nSPS) is 12.2. The molecule has 0 saturated carbocycles. The lowest BCUT2D eigenvalue weighted by molar-refractivity contribution is -0.144. The maximum atomic E-state index is 10.5. The Labute approximate surface area is 91.2 Å². The summed E-state index contributed by atoms with van der Waals surface area (Å²) in [6.07, 6.45) is -0.926. The summed E-state index contributed by atoms with van der Waals surface area (Å²) >= 11 is 11.4. The van der Waals surface area contributed by atoms with E-state index < -0.39 is 12.1 Å². The fraction of sp³-hybridized carbons (Fsp3) is 0.222. The first-order valence-electron chi connectivity index (χ1n) is 3.84. The van der Waals surface area contributed by atoms with Crippen molar-refractivity contribution in [2.75, 3.05) is 0 Å². The van der Waals surface area contributed by atoms with Crippen molar-refractivity contribution in [3.63, 3.8) is 0 Å². The lowest BCUT2D eigenvalue weighted by atomic mass is 10.3. The molecular formula is C9H8Cl2O3. The number of aliphatic carboxylic acids is 1. The molecule has 14 heavy (non-hydrogen) atoms. The average molecular weight is 235 g/mol. The number of ether oxygens (including phenoxy) is 1. The van der Waals surface area contributed by atoms with Crippen LogP contribution in [0.4, 0.5) is 0 Å². The van der Waals surface area contributed by atoms with Gasteiger partial charge in [-0.2, -0.15) is 0 Å². The maximum Gasteiger partial charge on any atom is 0.344 e. The van der Waals surface area contributed by atoms with E-state index in [9.17, 15) is 4.79 Å². The Kier molecular flexibility index (Phi) is 3.61. The Morgan fingerprint density at radius 3 is 2.29 bits per heavy atom. The van der Waals surface area contributed by atoms with Crippen molar-refractivity contribution in [2.24, 2.45) is 0 Å². The van der Waals surface area contributed by atoms with Crippen LogP contribution in [0, 0.1) is 0 Å². The highest BCUT2D eigenvalue weighted by atomic mass is 35.5. The second-order valence-corrected chi connectivity index (χ2v) is 3.58. The van der Waals surface area contributed by atoms with Crippen LogP contribution in [-0.2, 0) is 4.79 Å². The Morgan fingerprint density at radius 2 is 1.86 bits per heavy atom. The summed E-state index contributed by atoms with van der Waals surface area (Å²) in [5.41, 5.74) is 0. The van der Waals surface area contributed by atoms with Crippen LogP contribution in [0.3, 0.4) is 0 Å². The summed E-state index contributed by atoms with van der Waals surface area (Å²) in [6, 6.07) is 4.56. The topological polar surface area (TPSA) is 46.5 Å². The molecule has 3 nitrogen and oxygen atoms in total. The highest BCUT2D eigenvalue weighted by Crippen LogP contribution is 2.24. The molecule has 0 bridgehead atoms. The maximum absolute atomic E-state index is 10.5. The summed E-state index contributed by atoms with van der Waals surface area (Å²) in [5.74, 6) is -0.696. The lowest BCUT2D eigenvalue weighted by Gasteiger charge is -2.10. The number of carboxylic acids is 1. The van der Waals surface area contributed by atoms with Crippen LogP contribution in [0.1, 0.15) is 6.92 Å². The Morgan fingerprint density at radius 1 is 1.36 bits per heavy atom. The van der Waals surface area contributed by atoms with Gasteiger partial charge < -0.3 is 9.84 Å². The van der Waals surface area contributed by atoms with Crippen LogP contribution in [0.2, 0.25) is 10.0 Å². The second-order valence-electron chi connectivity index (χ2n) is 2.70. The molecule has 0 heterocycles. The van der Waals surface area contributed by atoms with Gasteiger partial charge in [0.25, 0.3) is 0 Å². The summed E-state index contributed by atoms with van der Waals surface area (Å²) < 4.78 is 5.07. The minimum Gasteiger partial charge on any atom is -0.479 e. The van der Waals surface area contributed by atoms with Gasteiger partial charge in [-0.15, -0.1) is 0 Å². The summed E-state index contributed by atoms with van der Waals surface area (Å²) in [5, 5.41) is 9.41. The fourth-order valence-corrected chi connectivity index (χ4v) is 1.36. The van der Waals surface area contributed by atoms with E-state index in [0.717, 1.165) is 0 Å². The van der Waals surface area contributed by atoms with Gasteiger partial charge >= 0.3 is 5.97 Å². The van der Waals surface area contributed by atoms with Gasteiger partial charge in [0.1, 0.15) is 5.75 Å². The Hall–Kier alpha value is -0.930. The highest BCUT2D eigenvalue weighted by Gasteiger charge is 2.12. The van der Waals surface area contributed by atoms with Crippen molar-refractivity contribution in [1.82, 2.24) is 0 Å². The number of rotatable bonds is 3. The number of benzene rings is 1. The third-order valence-electron chi connectivity index (χ3n) is 1.50. The largest absolute Gasteiger partial charge is 0.479 e. The molecule has 1 aromatic carbocycles. The molecule has 1 unspecified atom stereocenters. The molecule has 1 N–H and O–H groups in total. The SMILES string of the molecule is CC(Oc1cc(Cl)cc(Cl)c1)C(=O)O. The van der Waals surface area contributed by atoms with Crippen LogP contribution in [0.15, 0.2) is 18.2 Å². The van der Waals surface area contributed by atoms with Crippen molar-refractivity contribution in [2.45, 2.75) is 13.0 Å². The molecule has 0 aliphatic heterocycles. The first-order valence-corrected chi connectivity index (χ1v) is 4.60. The second kappa shape index (κ2) is 4.53. The minimum absolute atomic E-state index is 0.345. The van der Waals surface area contributed by atoms with Gasteiger partial charge in [-0.05, 0) is 25.1 Å². The molecule has 0 aromatic heterocycles. The van der Waals surface area contributed by atoms with Crippen molar-refractivity contribution < 1.29 is 14.6 Å². The Balaban J connectivity index is 2.81. The molecule has 0 saturated heterocycles. The number of carboxylic acid groups (broad SMARTS) is 1. The molecule has 0 radical (unpaired) electrons. The van der Waals surface area contributed by atoms with Gasteiger partial charge in [-0.25, -0.2) is 4.79 Å². The quantitative estimate of drug-likeness (QED) is 0.876. The van der Waals surface area contributed by atoms with Crippen LogP contribution < -0.4 is 4.74 Å². The molecule has 1 rings (SSSR count). The van der Waals surface area contributed by atoms with E-state index in [-0.39, 0.29) is 0 Å². The molecule has 1 atom stereocenters. The minimum atomic E-state index is -1.04. The fourth-order valence-electron chi connectivity index (χ4n) is 0.851. The molecule has 0 aliphatic carbocycles. The lowest BCUT2D eigenvalue weighted by Crippen LogP contribution is -2.22. The molecule has 0 aliphatic rings. The van der Waals surface area contributed by atoms with E-state index >= 15 is 0 Å². The molecule has 76 valence electrons. The van der Waals surface area contributed by atoms with Crippen molar-refractivity contribution in [1.29, 1.82) is 0 Å². The molecular weight excluding hydrogens is 227 g/mol. The van der Waals surface area contributed by atoms with Gasteiger partial charge in [0.15, 0.2) is 6.10 Å². The zero-order valence-electron chi connectivity index (χ0n) is 7.33. The summed E-state index contributed by atoms with van der Waals surface area (Å²) in [7, 11) is 0. The third kappa shape index (κ3) is 3.09. The van der Waals surface area contributed by atoms with Crippen LogP contribution >= 0.6 is 23.2 Å². The number of carbonyl (C=O) groups is 1. The third-order valence-corrected chi connectivity index (χ3v) is 1.93. The van der Waals surface area contributed by atoms with E-state index in [1.54, 1.807) is 6.07 Å². The van der Waals surface area contributed by atoms with Gasteiger partial charge in [-0.3, -0.25) is 0 Å². The monoisotopic (exact) mass is 234 g/mol. The van der Waals surface area contributed by atoms with E-state index in [2.05, 4.69) is 0 Å². The molecule has 1 aromatic rings. The molecule has 5 heteroatoms. The number of halogens is 2. The van der Waals surface area contributed by atoms with Crippen LogP contribution in [-0.4, -0.2) is 17.2 Å². The smallest absolute Gasteiger partial charge is 0.344 e. The van der Waals surface area contributed by atoms with Gasteiger partial charge in [0.05, 0.1) is 0 Å². The predicted molar refractivity (Wildman–Crippen MR) is 54.2 cm³/mol. The zero-order chi connectivity index (χ0) is 10.7. The highest BCUT2D eigenvalue weighted by molar-refractivity contribution is 6.34. The zero-order valence-corrected chi connectivity index (χ0v) is 8.84. The van der Waals surface area contributed by atoms with Gasteiger partial charge in [0.2, 0.25) is 0 Å². The summed E-state index contributed by atoms with van der Waals surface area (Å²) in [6.45, 7) is 1.43. The van der Waals surface area contributed by atoms with E-state index in [1.807, 2.05) is 0 Å². The Bertz CT molecular complexity index is 332. The van der Waals surface area contributed by atoms with Crippen molar-refractivity contribution in [3.8, 4) is 5.75 Å². The van der Waals surface area contributed by atoms with Crippen molar-refractivity contribution in [3.05, 3.63) is 28.2 Å². The van der Waals surface area contributed by atoms with Gasteiger partial charge in [0, 0.05) is 10.0 Å². The standard InChI is InChI=1S/C9H8Cl2O3/c1-5(9(12)13)14-8-3-6(10)2-7(11)4-8/h2-5H,1H3,(H,12,13). The summed E-state index contributed by atoms with van der Waals surface area (Å²) in [4.78, 5) is 10.5. The number of hydrogen-bond donors (Lipinski definition) is 1. The van der Waals surface area contributed by atoms with Crippen molar-refractivity contribution >= 4 is 29.2 Å². The average Bonchev–Trinajstić information content (AvgIpc) is 2.01. The van der Waals surface area contributed by atoms with Crippen LogP contribution in [0.25, 0.3) is 0 Å². The van der Waals surface area contributed by atoms with E-state index in [1.165, 1.54) is 19.1 Å². The number of hydrogen-bond acceptors (Lipinski definition) is 2. The first-order chi connectivity index (χ1) is 6.49. The molecule has 0 amide bonds. The predicted octanol–water partition coefficient (Wildman–Crippen LogP) is 2.85. The van der Waals surface area contributed by atoms with E-state index in [0.29, 0.717) is 15.8 Å². The van der Waals surface area contributed by atoms with Crippen LogP contribution in [0.5, 0.6) is 5.75 Å². The van der Waals surface area contributed by atoms with E-state index in [4.69, 9.17) is 33.0 Å². The molecule has 0 fully saturated rings. The molecule has 0 spiro atoms.